The molecule has 0 fully saturated rings. The fourth-order valence-corrected chi connectivity index (χ4v) is 2.76. The quantitative estimate of drug-likeness (QED) is 0.802. The minimum absolute atomic E-state index is 0.243. The molecule has 2 heteroatoms. The van der Waals surface area contributed by atoms with Gasteiger partial charge in [0.1, 0.15) is 5.75 Å². The van der Waals surface area contributed by atoms with Crippen molar-refractivity contribution in [3.63, 3.8) is 0 Å². The molecule has 0 heterocycles. The predicted octanol–water partition coefficient (Wildman–Crippen LogP) is 4.15. The SMILES string of the molecule is CCC(CC)(CN)CCOc1c(C)cc(C)cc1C. The zero-order valence-electron chi connectivity index (χ0n) is 13.2. The zero-order chi connectivity index (χ0) is 14.5. The van der Waals surface area contributed by atoms with Crippen molar-refractivity contribution >= 4 is 0 Å². The Morgan fingerprint density at radius 2 is 1.58 bits per heavy atom. The van der Waals surface area contributed by atoms with Crippen LogP contribution in [0.25, 0.3) is 0 Å². The third kappa shape index (κ3) is 3.97. The number of hydrogen-bond acceptors (Lipinski definition) is 2. The van der Waals surface area contributed by atoms with E-state index in [4.69, 9.17) is 10.5 Å². The van der Waals surface area contributed by atoms with E-state index in [-0.39, 0.29) is 5.41 Å². The number of aryl methyl sites for hydroxylation is 3. The van der Waals surface area contributed by atoms with E-state index in [1.54, 1.807) is 0 Å². The summed E-state index contributed by atoms with van der Waals surface area (Å²) in [5.41, 5.74) is 9.92. The summed E-state index contributed by atoms with van der Waals surface area (Å²) in [5, 5.41) is 0. The minimum atomic E-state index is 0.243. The molecular formula is C17H29NO. The molecule has 0 amide bonds. The van der Waals surface area contributed by atoms with Gasteiger partial charge in [0, 0.05) is 0 Å². The second kappa shape index (κ2) is 6.95. The van der Waals surface area contributed by atoms with Crippen LogP contribution in [-0.2, 0) is 0 Å². The summed E-state index contributed by atoms with van der Waals surface area (Å²) in [6, 6.07) is 4.36. The monoisotopic (exact) mass is 263 g/mol. The van der Waals surface area contributed by atoms with Crippen LogP contribution in [0.1, 0.15) is 49.8 Å². The van der Waals surface area contributed by atoms with Gasteiger partial charge in [-0.15, -0.1) is 0 Å². The first kappa shape index (κ1) is 16.0. The number of benzene rings is 1. The maximum atomic E-state index is 6.03. The molecule has 0 bridgehead atoms. The van der Waals surface area contributed by atoms with E-state index >= 15 is 0 Å². The van der Waals surface area contributed by atoms with E-state index in [1.165, 1.54) is 16.7 Å². The Morgan fingerprint density at radius 1 is 1.05 bits per heavy atom. The van der Waals surface area contributed by atoms with Gasteiger partial charge in [0.05, 0.1) is 6.61 Å². The highest BCUT2D eigenvalue weighted by Gasteiger charge is 2.24. The molecule has 0 unspecified atom stereocenters. The van der Waals surface area contributed by atoms with Crippen molar-refractivity contribution in [2.24, 2.45) is 11.1 Å². The molecule has 0 saturated heterocycles. The molecule has 0 saturated carbocycles. The Hall–Kier alpha value is -1.02. The van der Waals surface area contributed by atoms with Gasteiger partial charge < -0.3 is 10.5 Å². The van der Waals surface area contributed by atoms with Crippen LogP contribution in [0.5, 0.6) is 5.75 Å². The molecule has 0 radical (unpaired) electrons. The van der Waals surface area contributed by atoms with Crippen LogP contribution >= 0.6 is 0 Å². The Labute approximate surface area is 118 Å². The first-order valence-corrected chi connectivity index (χ1v) is 7.38. The van der Waals surface area contributed by atoms with Gasteiger partial charge in [0.2, 0.25) is 0 Å². The average molecular weight is 263 g/mol. The molecule has 0 aliphatic heterocycles. The maximum absolute atomic E-state index is 6.03. The summed E-state index contributed by atoms with van der Waals surface area (Å²) in [6.45, 7) is 12.3. The van der Waals surface area contributed by atoms with Crippen molar-refractivity contribution < 1.29 is 4.74 Å². The molecule has 2 nitrogen and oxygen atoms in total. The van der Waals surface area contributed by atoms with E-state index in [0.29, 0.717) is 0 Å². The number of hydrogen-bond donors (Lipinski definition) is 1. The van der Waals surface area contributed by atoms with Crippen molar-refractivity contribution in [1.82, 2.24) is 0 Å². The van der Waals surface area contributed by atoms with Gasteiger partial charge >= 0.3 is 0 Å². The van der Waals surface area contributed by atoms with Gasteiger partial charge in [0.15, 0.2) is 0 Å². The Kier molecular flexibility index (Phi) is 5.86. The Balaban J connectivity index is 2.68. The summed E-state index contributed by atoms with van der Waals surface area (Å²) in [6.07, 6.45) is 3.27. The Bertz CT molecular complexity index is 376. The van der Waals surface area contributed by atoms with Gasteiger partial charge in [-0.3, -0.25) is 0 Å². The van der Waals surface area contributed by atoms with E-state index < -0.39 is 0 Å². The lowest BCUT2D eigenvalue weighted by Crippen LogP contribution is -2.31. The smallest absolute Gasteiger partial charge is 0.125 e. The number of nitrogens with two attached hydrogens (primary N) is 1. The van der Waals surface area contributed by atoms with Crippen LogP contribution in [0.15, 0.2) is 12.1 Å². The molecule has 1 aromatic rings. The molecule has 0 atom stereocenters. The maximum Gasteiger partial charge on any atom is 0.125 e. The van der Waals surface area contributed by atoms with Gasteiger partial charge in [0.25, 0.3) is 0 Å². The predicted molar refractivity (Wildman–Crippen MR) is 82.8 cm³/mol. The molecule has 1 rings (SSSR count). The van der Waals surface area contributed by atoms with Crippen LogP contribution < -0.4 is 10.5 Å². The fourth-order valence-electron chi connectivity index (χ4n) is 2.76. The molecular weight excluding hydrogens is 234 g/mol. The van der Waals surface area contributed by atoms with E-state index in [1.807, 2.05) is 0 Å². The van der Waals surface area contributed by atoms with Crippen molar-refractivity contribution in [2.75, 3.05) is 13.2 Å². The summed E-state index contributed by atoms with van der Waals surface area (Å²) in [5.74, 6) is 1.05. The second-order valence-corrected chi connectivity index (χ2v) is 5.74. The van der Waals surface area contributed by atoms with Crippen LogP contribution in [0.2, 0.25) is 0 Å². The number of ether oxygens (including phenoxy) is 1. The molecule has 0 aliphatic rings. The highest BCUT2D eigenvalue weighted by atomic mass is 16.5. The van der Waals surface area contributed by atoms with E-state index in [9.17, 15) is 0 Å². The number of rotatable bonds is 7. The summed E-state index contributed by atoms with van der Waals surface area (Å²) in [4.78, 5) is 0. The molecule has 0 aliphatic carbocycles. The molecule has 19 heavy (non-hydrogen) atoms. The molecule has 0 aromatic heterocycles. The zero-order valence-corrected chi connectivity index (χ0v) is 13.2. The lowest BCUT2D eigenvalue weighted by atomic mass is 9.80. The Morgan fingerprint density at radius 3 is 2.00 bits per heavy atom. The van der Waals surface area contributed by atoms with E-state index in [0.717, 1.165) is 38.2 Å². The summed E-state index contributed by atoms with van der Waals surface area (Å²) >= 11 is 0. The normalized spacial score (nSPS) is 11.7. The first-order chi connectivity index (χ1) is 8.98. The van der Waals surface area contributed by atoms with Crippen LogP contribution in [-0.4, -0.2) is 13.2 Å². The lowest BCUT2D eigenvalue weighted by molar-refractivity contribution is 0.186. The third-order valence-electron chi connectivity index (χ3n) is 4.42. The molecule has 108 valence electrons. The third-order valence-corrected chi connectivity index (χ3v) is 4.42. The fraction of sp³-hybridized carbons (Fsp3) is 0.647. The summed E-state index contributed by atoms with van der Waals surface area (Å²) < 4.78 is 6.03. The van der Waals surface area contributed by atoms with Crippen LogP contribution in [0, 0.1) is 26.2 Å². The average Bonchev–Trinajstić information content (AvgIpc) is 2.38. The van der Waals surface area contributed by atoms with Crippen molar-refractivity contribution in [3.05, 3.63) is 28.8 Å². The van der Waals surface area contributed by atoms with Gasteiger partial charge in [-0.1, -0.05) is 31.5 Å². The first-order valence-electron chi connectivity index (χ1n) is 7.38. The van der Waals surface area contributed by atoms with Gasteiger partial charge in [-0.2, -0.15) is 0 Å². The van der Waals surface area contributed by atoms with Gasteiger partial charge in [-0.25, -0.2) is 0 Å². The standard InChI is InChI=1S/C17H29NO/c1-6-17(7-2,12-18)8-9-19-16-14(4)10-13(3)11-15(16)5/h10-11H,6-9,12,18H2,1-5H3. The van der Waals surface area contributed by atoms with Crippen molar-refractivity contribution in [1.29, 1.82) is 0 Å². The van der Waals surface area contributed by atoms with Crippen molar-refractivity contribution in [2.45, 2.75) is 53.9 Å². The van der Waals surface area contributed by atoms with Gasteiger partial charge in [-0.05, 0) is 63.1 Å². The largest absolute Gasteiger partial charge is 0.493 e. The van der Waals surface area contributed by atoms with E-state index in [2.05, 4.69) is 46.8 Å². The highest BCUT2D eigenvalue weighted by molar-refractivity contribution is 5.42. The minimum Gasteiger partial charge on any atom is -0.493 e. The highest BCUT2D eigenvalue weighted by Crippen LogP contribution is 2.30. The molecule has 1 aromatic carbocycles. The van der Waals surface area contributed by atoms with Crippen LogP contribution in [0.3, 0.4) is 0 Å². The molecule has 2 N–H and O–H groups in total. The summed E-state index contributed by atoms with van der Waals surface area (Å²) in [7, 11) is 0. The second-order valence-electron chi connectivity index (χ2n) is 5.74. The van der Waals surface area contributed by atoms with Crippen LogP contribution in [0.4, 0.5) is 0 Å². The topological polar surface area (TPSA) is 35.2 Å². The lowest BCUT2D eigenvalue weighted by Gasteiger charge is -2.30. The molecule has 0 spiro atoms. The van der Waals surface area contributed by atoms with Crippen molar-refractivity contribution in [3.8, 4) is 5.75 Å².